The van der Waals surface area contributed by atoms with E-state index in [0.717, 1.165) is 6.42 Å². The van der Waals surface area contributed by atoms with Crippen LogP contribution in [0.1, 0.15) is 27.2 Å². The summed E-state index contributed by atoms with van der Waals surface area (Å²) in [5.74, 6) is -0.110. The molecule has 0 spiro atoms. The van der Waals surface area contributed by atoms with E-state index in [2.05, 4.69) is 0 Å². The van der Waals surface area contributed by atoms with Crippen LogP contribution in [-0.2, 0) is 9.53 Å². The van der Waals surface area contributed by atoms with Crippen LogP contribution in [-0.4, -0.2) is 35.5 Å². The molecule has 0 aromatic carbocycles. The van der Waals surface area contributed by atoms with Crippen molar-refractivity contribution in [2.24, 2.45) is 11.8 Å². The highest BCUT2D eigenvalue weighted by Crippen LogP contribution is 2.13. The number of hydrogen-bond acceptors (Lipinski definition) is 4. The van der Waals surface area contributed by atoms with Gasteiger partial charge in [0.15, 0.2) is 0 Å². The molecule has 0 saturated heterocycles. The number of rotatable bonds is 6. The van der Waals surface area contributed by atoms with Crippen LogP contribution in [0.4, 0.5) is 0 Å². The fourth-order valence-electron chi connectivity index (χ4n) is 1.22. The molecule has 0 aromatic heterocycles. The Bertz CT molecular complexity index is 164. The number of aliphatic hydroxyl groups excluding tert-OH is 2. The molecule has 4 heteroatoms. The van der Waals surface area contributed by atoms with Gasteiger partial charge in [0.25, 0.3) is 0 Å². The molecule has 0 fully saturated rings. The average Bonchev–Trinajstić information content (AvgIpc) is 2.12. The Morgan fingerprint density at radius 1 is 1.21 bits per heavy atom. The molecule has 1 unspecified atom stereocenters. The van der Waals surface area contributed by atoms with Gasteiger partial charge in [-0.15, -0.1) is 0 Å². The summed E-state index contributed by atoms with van der Waals surface area (Å²) >= 11 is 0. The first-order chi connectivity index (χ1) is 6.51. The van der Waals surface area contributed by atoms with Crippen LogP contribution in [0.2, 0.25) is 0 Å². The van der Waals surface area contributed by atoms with Crippen LogP contribution in [0.15, 0.2) is 0 Å². The van der Waals surface area contributed by atoms with Crippen LogP contribution < -0.4 is 0 Å². The van der Waals surface area contributed by atoms with Gasteiger partial charge in [0.2, 0.25) is 0 Å². The number of ether oxygens (including phenoxy) is 1. The molecule has 0 radical (unpaired) electrons. The average molecular weight is 204 g/mol. The zero-order chi connectivity index (χ0) is 11.1. The zero-order valence-electron chi connectivity index (χ0n) is 9.06. The molecule has 4 nitrogen and oxygen atoms in total. The maximum Gasteiger partial charge on any atom is 0.309 e. The molecule has 0 aliphatic rings. The Morgan fingerprint density at radius 2 is 1.71 bits per heavy atom. The molecule has 0 aromatic rings. The van der Waals surface area contributed by atoms with Gasteiger partial charge in [0.05, 0.1) is 19.1 Å². The lowest BCUT2D eigenvalue weighted by atomic mass is 9.99. The molecule has 0 amide bonds. The summed E-state index contributed by atoms with van der Waals surface area (Å²) in [6.45, 7) is 5.17. The van der Waals surface area contributed by atoms with Crippen molar-refractivity contribution in [2.75, 3.05) is 13.2 Å². The molecule has 0 aliphatic carbocycles. The lowest BCUT2D eigenvalue weighted by Gasteiger charge is -2.17. The van der Waals surface area contributed by atoms with Gasteiger partial charge in [-0.1, -0.05) is 20.8 Å². The summed E-state index contributed by atoms with van der Waals surface area (Å²) < 4.78 is 4.87. The maximum absolute atomic E-state index is 11.4. The van der Waals surface area contributed by atoms with Crippen LogP contribution in [0.3, 0.4) is 0 Å². The quantitative estimate of drug-likeness (QED) is 0.621. The first-order valence-corrected chi connectivity index (χ1v) is 4.93. The van der Waals surface area contributed by atoms with Gasteiger partial charge in [-0.25, -0.2) is 0 Å². The van der Waals surface area contributed by atoms with E-state index < -0.39 is 6.10 Å². The van der Waals surface area contributed by atoms with E-state index in [1.165, 1.54) is 0 Å². The molecule has 0 heterocycles. The topological polar surface area (TPSA) is 66.8 Å². The first kappa shape index (κ1) is 13.4. The first-order valence-electron chi connectivity index (χ1n) is 4.93. The van der Waals surface area contributed by atoms with Crippen molar-refractivity contribution in [2.45, 2.75) is 33.3 Å². The van der Waals surface area contributed by atoms with Gasteiger partial charge in [0.1, 0.15) is 6.10 Å². The Balaban J connectivity index is 3.93. The van der Waals surface area contributed by atoms with Crippen molar-refractivity contribution >= 4 is 5.97 Å². The number of carbonyl (C=O) groups is 1. The van der Waals surface area contributed by atoms with Crippen molar-refractivity contribution in [3.8, 4) is 0 Å². The maximum atomic E-state index is 11.4. The van der Waals surface area contributed by atoms with Crippen molar-refractivity contribution in [3.63, 3.8) is 0 Å². The summed E-state index contributed by atoms with van der Waals surface area (Å²) in [4.78, 5) is 11.4. The summed E-state index contributed by atoms with van der Waals surface area (Å²) in [5.41, 5.74) is 0. The number of carbonyl (C=O) groups excluding carboxylic acids is 1. The third-order valence-corrected chi connectivity index (χ3v) is 1.92. The molecule has 0 saturated carbocycles. The van der Waals surface area contributed by atoms with E-state index in [1.54, 1.807) is 6.92 Å². The van der Waals surface area contributed by atoms with Gasteiger partial charge in [0, 0.05) is 0 Å². The molecule has 0 bridgehead atoms. The van der Waals surface area contributed by atoms with E-state index in [1.807, 2.05) is 13.8 Å². The second kappa shape index (κ2) is 6.79. The summed E-state index contributed by atoms with van der Waals surface area (Å²) in [7, 11) is 0. The molecule has 1 atom stereocenters. The van der Waals surface area contributed by atoms with Gasteiger partial charge in [-0.2, -0.15) is 0 Å². The molecular weight excluding hydrogens is 184 g/mol. The van der Waals surface area contributed by atoms with Crippen LogP contribution in [0, 0.1) is 11.8 Å². The van der Waals surface area contributed by atoms with E-state index in [4.69, 9.17) is 14.9 Å². The van der Waals surface area contributed by atoms with Crippen LogP contribution >= 0.6 is 0 Å². The minimum atomic E-state index is -0.780. The molecule has 14 heavy (non-hydrogen) atoms. The number of esters is 1. The van der Waals surface area contributed by atoms with E-state index in [-0.39, 0.29) is 25.1 Å². The predicted molar refractivity (Wildman–Crippen MR) is 52.7 cm³/mol. The SMILES string of the molecule is CC(C)CC(C)C(=O)OC(CO)CO. The largest absolute Gasteiger partial charge is 0.457 e. The predicted octanol–water partition coefficient (Wildman–Crippen LogP) is 0.565. The van der Waals surface area contributed by atoms with Gasteiger partial charge in [-0.05, 0) is 12.3 Å². The molecule has 84 valence electrons. The fourth-order valence-corrected chi connectivity index (χ4v) is 1.22. The summed E-state index contributed by atoms with van der Waals surface area (Å²) in [6.07, 6.45) is -0.0281. The fraction of sp³-hybridized carbons (Fsp3) is 0.900. The van der Waals surface area contributed by atoms with E-state index in [9.17, 15) is 4.79 Å². The monoisotopic (exact) mass is 204 g/mol. The summed E-state index contributed by atoms with van der Waals surface area (Å²) in [5, 5.41) is 17.4. The zero-order valence-corrected chi connectivity index (χ0v) is 9.06. The van der Waals surface area contributed by atoms with Crippen LogP contribution in [0.5, 0.6) is 0 Å². The van der Waals surface area contributed by atoms with Crippen LogP contribution in [0.25, 0.3) is 0 Å². The smallest absolute Gasteiger partial charge is 0.309 e. The molecule has 0 aliphatic heterocycles. The highest BCUT2D eigenvalue weighted by atomic mass is 16.6. The third-order valence-electron chi connectivity index (χ3n) is 1.92. The number of hydrogen-bond donors (Lipinski definition) is 2. The van der Waals surface area contributed by atoms with E-state index >= 15 is 0 Å². The van der Waals surface area contributed by atoms with Gasteiger partial charge >= 0.3 is 5.97 Å². The normalized spacial score (nSPS) is 13.4. The Labute approximate surface area is 84.9 Å². The minimum Gasteiger partial charge on any atom is -0.457 e. The minimum absolute atomic E-state index is 0.185. The highest BCUT2D eigenvalue weighted by Gasteiger charge is 2.19. The Kier molecular flexibility index (Phi) is 6.49. The second-order valence-electron chi connectivity index (χ2n) is 3.95. The number of aliphatic hydroxyl groups is 2. The van der Waals surface area contributed by atoms with Gasteiger partial charge in [-0.3, -0.25) is 4.79 Å². The summed E-state index contributed by atoms with van der Waals surface area (Å²) in [6, 6.07) is 0. The molecule has 2 N–H and O–H groups in total. The molecular formula is C10H20O4. The van der Waals surface area contributed by atoms with Crippen molar-refractivity contribution in [1.82, 2.24) is 0 Å². The Hall–Kier alpha value is -0.610. The van der Waals surface area contributed by atoms with E-state index in [0.29, 0.717) is 5.92 Å². The van der Waals surface area contributed by atoms with Gasteiger partial charge < -0.3 is 14.9 Å². The third kappa shape index (κ3) is 5.19. The second-order valence-corrected chi connectivity index (χ2v) is 3.95. The Morgan fingerprint density at radius 3 is 2.07 bits per heavy atom. The van der Waals surface area contributed by atoms with Crippen molar-refractivity contribution in [3.05, 3.63) is 0 Å². The lowest BCUT2D eigenvalue weighted by molar-refractivity contribution is -0.158. The van der Waals surface area contributed by atoms with Crippen molar-refractivity contribution < 1.29 is 19.7 Å². The molecule has 0 rings (SSSR count). The lowest BCUT2D eigenvalue weighted by Crippen LogP contribution is -2.29. The highest BCUT2D eigenvalue weighted by molar-refractivity contribution is 5.72. The standard InChI is InChI=1S/C10H20O4/c1-7(2)4-8(3)10(13)14-9(5-11)6-12/h7-9,11-12H,4-6H2,1-3H3. The van der Waals surface area contributed by atoms with Crippen molar-refractivity contribution in [1.29, 1.82) is 0 Å².